The van der Waals surface area contributed by atoms with Crippen LogP contribution in [0.4, 0.5) is 0 Å². The second-order valence-electron chi connectivity index (χ2n) is 6.47. The molecular formula is C20H18N4O. The smallest absolute Gasteiger partial charge is 0.280 e. The molecule has 25 heavy (non-hydrogen) atoms. The fourth-order valence-corrected chi connectivity index (χ4v) is 3.08. The molecule has 0 aliphatic carbocycles. The first-order valence-corrected chi connectivity index (χ1v) is 8.53. The van der Waals surface area contributed by atoms with Crippen molar-refractivity contribution in [2.75, 3.05) is 0 Å². The van der Waals surface area contributed by atoms with E-state index in [1.54, 1.807) is 17.0 Å². The van der Waals surface area contributed by atoms with Crippen molar-refractivity contribution in [1.82, 2.24) is 19.5 Å². The summed E-state index contributed by atoms with van der Waals surface area (Å²) in [5.41, 5.74) is 2.43. The number of fused-ring (bicyclic) bond motifs is 2. The lowest BCUT2D eigenvalue weighted by Crippen LogP contribution is -2.25. The summed E-state index contributed by atoms with van der Waals surface area (Å²) < 4.78 is 1.79. The van der Waals surface area contributed by atoms with E-state index in [4.69, 9.17) is 4.98 Å². The maximum absolute atomic E-state index is 12.7. The van der Waals surface area contributed by atoms with Crippen molar-refractivity contribution in [2.24, 2.45) is 5.92 Å². The maximum Gasteiger partial charge on any atom is 0.280 e. The standard InChI is InChI=1S/C20H18N4O/c1-14-5-8-18-23-17-12-15(6-7-16-4-2-3-10-21-16)13-22-19(17)20(25)24(18)11-9-14/h2-4,10,12-14H,5,8-9,11H2,1H3/t14-/m0/s1. The highest BCUT2D eigenvalue weighted by molar-refractivity contribution is 5.74. The van der Waals surface area contributed by atoms with Gasteiger partial charge >= 0.3 is 0 Å². The highest BCUT2D eigenvalue weighted by atomic mass is 16.1. The largest absolute Gasteiger partial charge is 0.295 e. The van der Waals surface area contributed by atoms with Gasteiger partial charge in [0.05, 0.1) is 5.52 Å². The molecule has 0 saturated heterocycles. The zero-order chi connectivity index (χ0) is 17.2. The van der Waals surface area contributed by atoms with Crippen LogP contribution in [0.3, 0.4) is 0 Å². The fourth-order valence-electron chi connectivity index (χ4n) is 3.08. The summed E-state index contributed by atoms with van der Waals surface area (Å²) in [4.78, 5) is 26.0. The number of aryl methyl sites for hydroxylation is 1. The van der Waals surface area contributed by atoms with E-state index in [0.717, 1.165) is 37.2 Å². The molecule has 0 unspecified atom stereocenters. The molecule has 0 aromatic carbocycles. The van der Waals surface area contributed by atoms with Gasteiger partial charge < -0.3 is 0 Å². The lowest BCUT2D eigenvalue weighted by Gasteiger charge is -2.09. The molecule has 4 rings (SSSR count). The van der Waals surface area contributed by atoms with Crippen LogP contribution in [-0.4, -0.2) is 19.5 Å². The molecule has 124 valence electrons. The molecular weight excluding hydrogens is 312 g/mol. The molecule has 5 nitrogen and oxygen atoms in total. The number of hydrogen-bond acceptors (Lipinski definition) is 4. The van der Waals surface area contributed by atoms with Crippen LogP contribution in [0.25, 0.3) is 11.0 Å². The lowest BCUT2D eigenvalue weighted by molar-refractivity contribution is 0.483. The molecule has 1 aliphatic heterocycles. The van der Waals surface area contributed by atoms with Gasteiger partial charge in [0.25, 0.3) is 5.56 Å². The molecule has 3 aromatic rings. The van der Waals surface area contributed by atoms with Gasteiger partial charge in [0.2, 0.25) is 0 Å². The van der Waals surface area contributed by atoms with Gasteiger partial charge in [0.1, 0.15) is 11.5 Å². The Balaban J connectivity index is 1.77. The number of pyridine rings is 2. The Hall–Kier alpha value is -3.00. The van der Waals surface area contributed by atoms with Crippen LogP contribution in [0.5, 0.6) is 0 Å². The Morgan fingerprint density at radius 2 is 2.12 bits per heavy atom. The molecule has 5 heteroatoms. The van der Waals surface area contributed by atoms with Crippen LogP contribution in [0, 0.1) is 17.8 Å². The highest BCUT2D eigenvalue weighted by Gasteiger charge is 2.17. The van der Waals surface area contributed by atoms with Crippen LogP contribution in [0.1, 0.15) is 36.8 Å². The van der Waals surface area contributed by atoms with E-state index in [9.17, 15) is 4.79 Å². The average Bonchev–Trinajstić information content (AvgIpc) is 2.83. The molecule has 0 spiro atoms. The summed E-state index contributed by atoms with van der Waals surface area (Å²) in [5.74, 6) is 7.52. The molecule has 0 fully saturated rings. The zero-order valence-corrected chi connectivity index (χ0v) is 14.1. The van der Waals surface area contributed by atoms with Crippen molar-refractivity contribution in [2.45, 2.75) is 32.7 Å². The van der Waals surface area contributed by atoms with Gasteiger partial charge in [-0.2, -0.15) is 0 Å². The summed E-state index contributed by atoms with van der Waals surface area (Å²) in [6.07, 6.45) is 6.24. The first kappa shape index (κ1) is 15.5. The fraction of sp³-hybridized carbons (Fsp3) is 0.300. The molecule has 0 N–H and O–H groups in total. The van der Waals surface area contributed by atoms with E-state index in [1.807, 2.05) is 24.3 Å². The molecule has 4 heterocycles. The van der Waals surface area contributed by atoms with Crippen LogP contribution >= 0.6 is 0 Å². The Bertz CT molecular complexity index is 1040. The summed E-state index contributed by atoms with van der Waals surface area (Å²) in [6.45, 7) is 2.95. The Morgan fingerprint density at radius 3 is 2.96 bits per heavy atom. The Morgan fingerprint density at radius 1 is 1.20 bits per heavy atom. The van der Waals surface area contributed by atoms with Gasteiger partial charge in [-0.15, -0.1) is 0 Å². The Labute approximate surface area is 145 Å². The number of rotatable bonds is 0. The number of hydrogen-bond donors (Lipinski definition) is 0. The van der Waals surface area contributed by atoms with E-state index in [-0.39, 0.29) is 5.56 Å². The summed E-state index contributed by atoms with van der Waals surface area (Å²) >= 11 is 0. The van der Waals surface area contributed by atoms with Crippen molar-refractivity contribution >= 4 is 11.0 Å². The minimum atomic E-state index is -0.0432. The summed E-state index contributed by atoms with van der Waals surface area (Å²) in [7, 11) is 0. The number of nitrogens with zero attached hydrogens (tertiary/aromatic N) is 4. The molecule has 1 aliphatic rings. The summed E-state index contributed by atoms with van der Waals surface area (Å²) in [5, 5.41) is 0. The second kappa shape index (κ2) is 6.48. The zero-order valence-electron chi connectivity index (χ0n) is 14.1. The van der Waals surface area contributed by atoms with Crippen LogP contribution in [-0.2, 0) is 13.0 Å². The highest BCUT2D eigenvalue weighted by Crippen LogP contribution is 2.18. The van der Waals surface area contributed by atoms with Crippen LogP contribution < -0.4 is 5.56 Å². The van der Waals surface area contributed by atoms with E-state index >= 15 is 0 Å². The molecule has 0 radical (unpaired) electrons. The minimum Gasteiger partial charge on any atom is -0.295 e. The first-order chi connectivity index (χ1) is 12.2. The summed E-state index contributed by atoms with van der Waals surface area (Å²) in [6, 6.07) is 7.45. The molecule has 0 saturated carbocycles. The monoisotopic (exact) mass is 330 g/mol. The lowest BCUT2D eigenvalue weighted by atomic mass is 10.0. The van der Waals surface area contributed by atoms with Gasteiger partial charge in [0.15, 0.2) is 5.52 Å². The van der Waals surface area contributed by atoms with Crippen molar-refractivity contribution in [1.29, 1.82) is 0 Å². The predicted octanol–water partition coefficient (Wildman–Crippen LogP) is 2.56. The normalized spacial score (nSPS) is 16.6. The molecule has 0 amide bonds. The third kappa shape index (κ3) is 3.16. The predicted molar refractivity (Wildman–Crippen MR) is 96.1 cm³/mol. The topological polar surface area (TPSA) is 60.7 Å². The van der Waals surface area contributed by atoms with Crippen molar-refractivity contribution in [3.8, 4) is 11.8 Å². The second-order valence-corrected chi connectivity index (χ2v) is 6.47. The third-order valence-corrected chi connectivity index (χ3v) is 4.58. The van der Waals surface area contributed by atoms with Gasteiger partial charge in [-0.3, -0.25) is 9.36 Å². The SMILES string of the molecule is C[C@H]1CCc2nc3cc(C#Cc4ccccn4)cnc3c(=O)n2CC1. The Kier molecular flexibility index (Phi) is 4.02. The van der Waals surface area contributed by atoms with Gasteiger partial charge in [-0.25, -0.2) is 15.0 Å². The van der Waals surface area contributed by atoms with Gasteiger partial charge in [0, 0.05) is 30.9 Å². The van der Waals surface area contributed by atoms with Gasteiger partial charge in [-0.1, -0.05) is 18.9 Å². The maximum atomic E-state index is 12.7. The van der Waals surface area contributed by atoms with Crippen molar-refractivity contribution in [3.63, 3.8) is 0 Å². The van der Waals surface area contributed by atoms with Crippen molar-refractivity contribution < 1.29 is 0 Å². The minimum absolute atomic E-state index is 0.0432. The van der Waals surface area contributed by atoms with Crippen molar-refractivity contribution in [3.05, 3.63) is 64.1 Å². The van der Waals surface area contributed by atoms with E-state index in [1.165, 1.54) is 0 Å². The van der Waals surface area contributed by atoms with E-state index in [2.05, 4.69) is 28.7 Å². The van der Waals surface area contributed by atoms with Crippen LogP contribution in [0.2, 0.25) is 0 Å². The molecule has 3 aromatic heterocycles. The average molecular weight is 330 g/mol. The van der Waals surface area contributed by atoms with Gasteiger partial charge in [-0.05, 0) is 42.9 Å². The third-order valence-electron chi connectivity index (χ3n) is 4.58. The quantitative estimate of drug-likeness (QED) is 0.594. The van der Waals surface area contributed by atoms with E-state index in [0.29, 0.717) is 22.6 Å². The number of aromatic nitrogens is 4. The molecule has 0 bridgehead atoms. The first-order valence-electron chi connectivity index (χ1n) is 8.53. The van der Waals surface area contributed by atoms with Crippen LogP contribution in [0.15, 0.2) is 41.5 Å². The molecule has 1 atom stereocenters. The van der Waals surface area contributed by atoms with E-state index < -0.39 is 0 Å².